The van der Waals surface area contributed by atoms with Gasteiger partial charge in [0.25, 0.3) is 0 Å². The number of hydrogen-bond acceptors (Lipinski definition) is 3. The summed E-state index contributed by atoms with van der Waals surface area (Å²) in [6.45, 7) is 7.55. The topological polar surface area (TPSA) is 49.4 Å². The predicted octanol–water partition coefficient (Wildman–Crippen LogP) is 3.01. The molecule has 1 aromatic rings. The fourth-order valence-electron chi connectivity index (χ4n) is 3.00. The fraction of sp³-hybridized carbons (Fsp3) is 0.647. The van der Waals surface area contributed by atoms with Crippen LogP contribution in [0, 0.1) is 17.7 Å². The van der Waals surface area contributed by atoms with E-state index >= 15 is 0 Å². The fourth-order valence-corrected chi connectivity index (χ4v) is 3.83. The van der Waals surface area contributed by atoms with Gasteiger partial charge in [-0.25, -0.2) is 17.5 Å². The second-order valence-electron chi connectivity index (χ2n) is 6.70. The van der Waals surface area contributed by atoms with Crippen LogP contribution >= 0.6 is 0 Å². The van der Waals surface area contributed by atoms with Crippen LogP contribution in [0.2, 0.25) is 0 Å². The summed E-state index contributed by atoms with van der Waals surface area (Å²) in [5, 5.41) is -0.405. The average Bonchev–Trinajstić information content (AvgIpc) is 2.53. The zero-order valence-corrected chi connectivity index (χ0v) is 14.9. The first-order valence-corrected chi connectivity index (χ1v) is 9.84. The van der Waals surface area contributed by atoms with E-state index in [1.807, 2.05) is 12.1 Å². The van der Waals surface area contributed by atoms with Crippen LogP contribution in [0.15, 0.2) is 24.3 Å². The highest BCUT2D eigenvalue weighted by molar-refractivity contribution is 7.90. The first-order valence-electron chi connectivity index (χ1n) is 8.29. The van der Waals surface area contributed by atoms with Gasteiger partial charge in [-0.05, 0) is 50.7 Å². The van der Waals surface area contributed by atoms with E-state index in [9.17, 15) is 12.8 Å². The van der Waals surface area contributed by atoms with Gasteiger partial charge in [-0.1, -0.05) is 19.1 Å². The van der Waals surface area contributed by atoms with Crippen LogP contribution in [-0.4, -0.2) is 33.3 Å². The lowest BCUT2D eigenvalue weighted by Crippen LogP contribution is -2.40. The van der Waals surface area contributed by atoms with Gasteiger partial charge in [-0.3, -0.25) is 0 Å². The molecule has 130 valence electrons. The van der Waals surface area contributed by atoms with Crippen LogP contribution in [0.5, 0.6) is 0 Å². The van der Waals surface area contributed by atoms with Crippen molar-refractivity contribution in [3.05, 3.63) is 30.1 Å². The smallest absolute Gasteiger partial charge is 0.213 e. The van der Waals surface area contributed by atoms with Crippen molar-refractivity contribution >= 4 is 15.7 Å². The number of halogens is 1. The largest absolute Gasteiger partial charge is 0.369 e. The molecule has 1 saturated heterocycles. The molecule has 0 spiro atoms. The van der Waals surface area contributed by atoms with Gasteiger partial charge in [0.1, 0.15) is 5.82 Å². The van der Waals surface area contributed by atoms with Crippen molar-refractivity contribution in [3.63, 3.8) is 0 Å². The standard InChI is InChI=1S/C17H27FN2O2S/c1-13(2)23(21,22)19-12-14(3)15-8-10-20(11-9-15)17-7-5-4-6-16(17)18/h4-7,13-15,19H,8-12H2,1-3H3. The molecule has 1 aliphatic heterocycles. The van der Waals surface area contributed by atoms with Crippen LogP contribution in [-0.2, 0) is 10.0 Å². The molecule has 0 radical (unpaired) electrons. The molecule has 0 aliphatic carbocycles. The number of nitrogens with zero attached hydrogens (tertiary/aromatic N) is 1. The van der Waals surface area contributed by atoms with E-state index in [-0.39, 0.29) is 11.7 Å². The summed E-state index contributed by atoms with van der Waals surface area (Å²) in [7, 11) is -3.20. The van der Waals surface area contributed by atoms with E-state index in [1.165, 1.54) is 6.07 Å². The highest BCUT2D eigenvalue weighted by atomic mass is 32.2. The van der Waals surface area contributed by atoms with Gasteiger partial charge in [0.15, 0.2) is 0 Å². The third-order valence-corrected chi connectivity index (χ3v) is 6.57. The Labute approximate surface area is 139 Å². The zero-order chi connectivity index (χ0) is 17.0. The van der Waals surface area contributed by atoms with Crippen LogP contribution in [0.4, 0.5) is 10.1 Å². The van der Waals surface area contributed by atoms with E-state index in [0.717, 1.165) is 25.9 Å². The molecular weight excluding hydrogens is 315 g/mol. The van der Waals surface area contributed by atoms with E-state index in [1.54, 1.807) is 19.9 Å². The van der Waals surface area contributed by atoms with E-state index in [0.29, 0.717) is 18.2 Å². The lowest BCUT2D eigenvalue weighted by Gasteiger charge is -2.36. The second kappa shape index (κ2) is 7.62. The summed E-state index contributed by atoms with van der Waals surface area (Å²) in [5.74, 6) is 0.572. The van der Waals surface area contributed by atoms with Gasteiger partial charge in [-0.2, -0.15) is 0 Å². The minimum Gasteiger partial charge on any atom is -0.369 e. The Balaban J connectivity index is 1.86. The summed E-state index contributed by atoms with van der Waals surface area (Å²) in [6, 6.07) is 6.86. The summed E-state index contributed by atoms with van der Waals surface area (Å²) < 4.78 is 40.2. The van der Waals surface area contributed by atoms with Gasteiger partial charge in [-0.15, -0.1) is 0 Å². The number of benzene rings is 1. The molecule has 0 amide bonds. The Morgan fingerprint density at radius 1 is 1.22 bits per heavy atom. The van der Waals surface area contributed by atoms with Crippen molar-refractivity contribution < 1.29 is 12.8 Å². The van der Waals surface area contributed by atoms with Crippen LogP contribution < -0.4 is 9.62 Å². The van der Waals surface area contributed by atoms with Crippen LogP contribution in [0.3, 0.4) is 0 Å². The predicted molar refractivity (Wildman–Crippen MR) is 92.6 cm³/mol. The second-order valence-corrected chi connectivity index (χ2v) is 9.02. The number of piperidine rings is 1. The van der Waals surface area contributed by atoms with E-state index in [2.05, 4.69) is 16.5 Å². The molecule has 0 saturated carbocycles. The number of sulfonamides is 1. The maximum Gasteiger partial charge on any atom is 0.213 e. The summed E-state index contributed by atoms with van der Waals surface area (Å²) in [6.07, 6.45) is 1.91. The summed E-state index contributed by atoms with van der Waals surface area (Å²) in [5.41, 5.74) is 0.666. The number of para-hydroxylation sites is 1. The quantitative estimate of drug-likeness (QED) is 0.864. The number of anilines is 1. The van der Waals surface area contributed by atoms with Gasteiger partial charge in [0.05, 0.1) is 10.9 Å². The van der Waals surface area contributed by atoms with Gasteiger partial charge in [0, 0.05) is 19.6 Å². The number of rotatable bonds is 6. The van der Waals surface area contributed by atoms with Crippen LogP contribution in [0.1, 0.15) is 33.6 Å². The third kappa shape index (κ3) is 4.67. The molecule has 1 unspecified atom stereocenters. The molecule has 2 rings (SSSR count). The average molecular weight is 342 g/mol. The molecule has 1 N–H and O–H groups in total. The Morgan fingerprint density at radius 2 is 1.83 bits per heavy atom. The molecule has 23 heavy (non-hydrogen) atoms. The normalized spacial score (nSPS) is 18.4. The van der Waals surface area contributed by atoms with Gasteiger partial charge >= 0.3 is 0 Å². The van der Waals surface area contributed by atoms with Crippen molar-refractivity contribution in [1.82, 2.24) is 4.72 Å². The first kappa shape index (κ1) is 18.2. The summed E-state index contributed by atoms with van der Waals surface area (Å²) in [4.78, 5) is 2.08. The minimum atomic E-state index is -3.20. The molecule has 6 heteroatoms. The Morgan fingerprint density at radius 3 is 2.39 bits per heavy atom. The Hall–Kier alpha value is -1.14. The van der Waals surface area contributed by atoms with Crippen molar-refractivity contribution in [2.75, 3.05) is 24.5 Å². The minimum absolute atomic E-state index is 0.177. The van der Waals surface area contributed by atoms with E-state index in [4.69, 9.17) is 0 Å². The number of nitrogens with one attached hydrogen (secondary N) is 1. The molecule has 1 fully saturated rings. The van der Waals surface area contributed by atoms with E-state index < -0.39 is 15.3 Å². The molecule has 1 atom stereocenters. The SMILES string of the molecule is CC(CNS(=O)(=O)C(C)C)C1CCN(c2ccccc2F)CC1. The molecule has 1 aromatic carbocycles. The zero-order valence-electron chi connectivity index (χ0n) is 14.1. The maximum atomic E-state index is 13.8. The highest BCUT2D eigenvalue weighted by Crippen LogP contribution is 2.29. The Kier molecular flexibility index (Phi) is 6.03. The summed E-state index contributed by atoms with van der Waals surface area (Å²) >= 11 is 0. The van der Waals surface area contributed by atoms with Crippen molar-refractivity contribution in [2.24, 2.45) is 11.8 Å². The first-order chi connectivity index (χ1) is 10.8. The third-order valence-electron chi connectivity index (χ3n) is 4.76. The van der Waals surface area contributed by atoms with Crippen LogP contribution in [0.25, 0.3) is 0 Å². The molecule has 0 aromatic heterocycles. The number of hydrogen-bond donors (Lipinski definition) is 1. The van der Waals surface area contributed by atoms with Gasteiger partial charge < -0.3 is 4.90 Å². The molecule has 4 nitrogen and oxygen atoms in total. The lowest BCUT2D eigenvalue weighted by atomic mass is 9.85. The van der Waals surface area contributed by atoms with Crippen molar-refractivity contribution in [1.29, 1.82) is 0 Å². The molecule has 1 heterocycles. The lowest BCUT2D eigenvalue weighted by molar-refractivity contribution is 0.292. The highest BCUT2D eigenvalue weighted by Gasteiger charge is 2.26. The Bertz CT molecular complexity index is 611. The van der Waals surface area contributed by atoms with Crippen molar-refractivity contribution in [3.8, 4) is 0 Å². The molecule has 1 aliphatic rings. The van der Waals surface area contributed by atoms with Crippen molar-refractivity contribution in [2.45, 2.75) is 38.9 Å². The monoisotopic (exact) mass is 342 g/mol. The maximum absolute atomic E-state index is 13.8. The van der Waals surface area contributed by atoms with Gasteiger partial charge in [0.2, 0.25) is 10.0 Å². The molecule has 0 bridgehead atoms. The molecular formula is C17H27FN2O2S.